The number of halogens is 2. The lowest BCUT2D eigenvalue weighted by Gasteiger charge is -2.27. The lowest BCUT2D eigenvalue weighted by molar-refractivity contribution is 0.296. The summed E-state index contributed by atoms with van der Waals surface area (Å²) in [5.74, 6) is 1.87. The minimum Gasteiger partial charge on any atom is -0.353 e. The molecular formula is C20H27ClFN7. The van der Waals surface area contributed by atoms with Crippen LogP contribution in [0, 0.1) is 12.7 Å². The van der Waals surface area contributed by atoms with Gasteiger partial charge in [0, 0.05) is 26.2 Å². The first kappa shape index (κ1) is 21.3. The summed E-state index contributed by atoms with van der Waals surface area (Å²) in [5.41, 5.74) is 0.886. The molecule has 2 N–H and O–H groups in total. The van der Waals surface area contributed by atoms with Gasteiger partial charge in [0.15, 0.2) is 11.8 Å². The van der Waals surface area contributed by atoms with Gasteiger partial charge in [0.05, 0.1) is 11.1 Å². The van der Waals surface area contributed by atoms with Gasteiger partial charge in [-0.25, -0.2) is 9.38 Å². The summed E-state index contributed by atoms with van der Waals surface area (Å²) < 4.78 is 15.9. The lowest BCUT2D eigenvalue weighted by Crippen LogP contribution is -2.45. The normalized spacial score (nSPS) is 20.1. The molecule has 0 saturated carbocycles. The maximum absolute atomic E-state index is 14.0. The SMILES string of the molecule is C=CCNC(=NCc1nnc(C)n1C)NC1CCN(C)C1c1ccc(Cl)c(F)c1. The van der Waals surface area contributed by atoms with Crippen LogP contribution in [0.1, 0.15) is 29.7 Å². The molecular weight excluding hydrogens is 393 g/mol. The van der Waals surface area contributed by atoms with E-state index in [9.17, 15) is 4.39 Å². The van der Waals surface area contributed by atoms with Crippen molar-refractivity contribution < 1.29 is 4.39 Å². The highest BCUT2D eigenvalue weighted by Crippen LogP contribution is 2.32. The summed E-state index contributed by atoms with van der Waals surface area (Å²) in [6.45, 7) is 7.52. The average Bonchev–Trinajstić information content (AvgIpc) is 3.22. The van der Waals surface area contributed by atoms with E-state index >= 15 is 0 Å². The molecule has 0 spiro atoms. The Labute approximate surface area is 175 Å². The van der Waals surface area contributed by atoms with Gasteiger partial charge in [0.1, 0.15) is 18.2 Å². The number of hydrogen-bond donors (Lipinski definition) is 2. The first-order valence-electron chi connectivity index (χ1n) is 9.56. The topological polar surface area (TPSA) is 70.4 Å². The molecule has 0 bridgehead atoms. The first-order chi connectivity index (χ1) is 13.9. The molecule has 29 heavy (non-hydrogen) atoms. The van der Waals surface area contributed by atoms with E-state index in [0.717, 1.165) is 30.2 Å². The number of likely N-dealkylation sites (tertiary alicyclic amines) is 1. The zero-order valence-corrected chi connectivity index (χ0v) is 17.7. The second-order valence-corrected chi connectivity index (χ2v) is 7.60. The van der Waals surface area contributed by atoms with Gasteiger partial charge in [0.25, 0.3) is 0 Å². The Hall–Kier alpha value is -2.45. The molecule has 9 heteroatoms. The molecule has 1 fully saturated rings. The minimum atomic E-state index is -0.403. The van der Waals surface area contributed by atoms with Crippen LogP contribution in [0.3, 0.4) is 0 Å². The van der Waals surface area contributed by atoms with Gasteiger partial charge in [-0.2, -0.15) is 0 Å². The molecule has 0 aliphatic carbocycles. The highest BCUT2D eigenvalue weighted by molar-refractivity contribution is 6.30. The van der Waals surface area contributed by atoms with Crippen LogP contribution in [0.4, 0.5) is 4.39 Å². The zero-order valence-electron chi connectivity index (χ0n) is 17.0. The molecule has 0 amide bonds. The fourth-order valence-corrected chi connectivity index (χ4v) is 3.63. The van der Waals surface area contributed by atoms with Crippen LogP contribution >= 0.6 is 11.6 Å². The van der Waals surface area contributed by atoms with Crippen molar-refractivity contribution in [1.29, 1.82) is 0 Å². The van der Waals surface area contributed by atoms with Gasteiger partial charge in [-0.1, -0.05) is 23.7 Å². The summed E-state index contributed by atoms with van der Waals surface area (Å²) in [4.78, 5) is 6.87. The quantitative estimate of drug-likeness (QED) is 0.428. The van der Waals surface area contributed by atoms with Crippen molar-refractivity contribution in [3.8, 4) is 0 Å². The van der Waals surface area contributed by atoms with Crippen LogP contribution < -0.4 is 10.6 Å². The van der Waals surface area contributed by atoms with Crippen molar-refractivity contribution >= 4 is 17.6 Å². The monoisotopic (exact) mass is 419 g/mol. The van der Waals surface area contributed by atoms with E-state index in [0.29, 0.717) is 19.0 Å². The van der Waals surface area contributed by atoms with Crippen molar-refractivity contribution in [3.63, 3.8) is 0 Å². The van der Waals surface area contributed by atoms with Crippen LogP contribution in [-0.4, -0.2) is 51.8 Å². The predicted molar refractivity (Wildman–Crippen MR) is 113 cm³/mol. The lowest BCUT2D eigenvalue weighted by atomic mass is 10.00. The summed E-state index contributed by atoms with van der Waals surface area (Å²) in [7, 11) is 3.96. The number of aliphatic imine (C=N–C) groups is 1. The Bertz CT molecular complexity index is 895. The van der Waals surface area contributed by atoms with Crippen molar-refractivity contribution in [2.45, 2.75) is 32.0 Å². The average molecular weight is 420 g/mol. The second-order valence-electron chi connectivity index (χ2n) is 7.20. The van der Waals surface area contributed by atoms with Gasteiger partial charge in [-0.15, -0.1) is 16.8 Å². The molecule has 2 unspecified atom stereocenters. The van der Waals surface area contributed by atoms with Crippen LogP contribution in [0.15, 0.2) is 35.8 Å². The molecule has 1 saturated heterocycles. The number of hydrogen-bond acceptors (Lipinski definition) is 4. The standard InChI is InChI=1S/C20H27ClFN7/c1-5-9-23-20(24-12-18-27-26-13(2)29(18)4)25-17-8-10-28(3)19(17)14-6-7-15(21)16(22)11-14/h5-7,11,17,19H,1,8-10,12H2,2-4H3,(H2,23,24,25). The van der Waals surface area contributed by atoms with E-state index in [4.69, 9.17) is 11.6 Å². The Morgan fingerprint density at radius 1 is 1.41 bits per heavy atom. The third-order valence-electron chi connectivity index (χ3n) is 5.23. The number of aryl methyl sites for hydroxylation is 1. The van der Waals surface area contributed by atoms with Crippen molar-refractivity contribution in [2.75, 3.05) is 20.1 Å². The molecule has 1 aliphatic rings. The molecule has 1 aromatic heterocycles. The Kier molecular flexibility index (Phi) is 6.87. The van der Waals surface area contributed by atoms with Gasteiger partial charge in [0.2, 0.25) is 0 Å². The third kappa shape index (κ3) is 4.94. The molecule has 0 radical (unpaired) electrons. The number of rotatable bonds is 6. The summed E-state index contributed by atoms with van der Waals surface area (Å²) in [5, 5.41) is 15.1. The summed E-state index contributed by atoms with van der Waals surface area (Å²) in [6.07, 6.45) is 2.68. The highest BCUT2D eigenvalue weighted by Gasteiger charge is 2.34. The fraction of sp³-hybridized carbons (Fsp3) is 0.450. The number of likely N-dealkylation sites (N-methyl/N-ethyl adjacent to an activating group) is 1. The van der Waals surface area contributed by atoms with E-state index < -0.39 is 5.82 Å². The zero-order chi connectivity index (χ0) is 21.0. The largest absolute Gasteiger partial charge is 0.353 e. The minimum absolute atomic E-state index is 0.00886. The van der Waals surface area contributed by atoms with Gasteiger partial charge >= 0.3 is 0 Å². The van der Waals surface area contributed by atoms with E-state index in [1.165, 1.54) is 6.07 Å². The molecule has 7 nitrogen and oxygen atoms in total. The fourth-order valence-electron chi connectivity index (χ4n) is 3.52. The van der Waals surface area contributed by atoms with Crippen LogP contribution in [0.25, 0.3) is 0 Å². The number of nitrogens with zero attached hydrogens (tertiary/aromatic N) is 5. The Balaban J connectivity index is 1.79. The maximum atomic E-state index is 14.0. The molecule has 2 heterocycles. The molecule has 2 aromatic rings. The summed E-state index contributed by atoms with van der Waals surface area (Å²) in [6, 6.07) is 5.08. The number of guanidine groups is 1. The van der Waals surface area contributed by atoms with Crippen LogP contribution in [0.2, 0.25) is 5.02 Å². The van der Waals surface area contributed by atoms with Gasteiger partial charge < -0.3 is 15.2 Å². The predicted octanol–water partition coefficient (Wildman–Crippen LogP) is 2.58. The van der Waals surface area contributed by atoms with Gasteiger partial charge in [-0.05, 0) is 38.1 Å². The van der Waals surface area contributed by atoms with E-state index in [-0.39, 0.29) is 17.1 Å². The van der Waals surface area contributed by atoms with E-state index in [2.05, 4.69) is 37.3 Å². The molecule has 3 rings (SSSR count). The Morgan fingerprint density at radius 3 is 2.86 bits per heavy atom. The molecule has 1 aliphatic heterocycles. The highest BCUT2D eigenvalue weighted by atomic mass is 35.5. The number of aromatic nitrogens is 3. The van der Waals surface area contributed by atoms with Crippen LogP contribution in [-0.2, 0) is 13.6 Å². The molecule has 156 valence electrons. The molecule has 2 atom stereocenters. The van der Waals surface area contributed by atoms with Crippen molar-refractivity contribution in [1.82, 2.24) is 30.3 Å². The smallest absolute Gasteiger partial charge is 0.192 e. The maximum Gasteiger partial charge on any atom is 0.192 e. The first-order valence-corrected chi connectivity index (χ1v) is 9.94. The van der Waals surface area contributed by atoms with Crippen molar-refractivity contribution in [2.24, 2.45) is 12.0 Å². The summed E-state index contributed by atoms with van der Waals surface area (Å²) >= 11 is 5.86. The van der Waals surface area contributed by atoms with E-state index in [1.807, 2.05) is 31.7 Å². The third-order valence-corrected chi connectivity index (χ3v) is 5.54. The Morgan fingerprint density at radius 2 is 2.21 bits per heavy atom. The number of benzene rings is 1. The van der Waals surface area contributed by atoms with Crippen molar-refractivity contribution in [3.05, 3.63) is 58.9 Å². The van der Waals surface area contributed by atoms with E-state index in [1.54, 1.807) is 12.1 Å². The number of nitrogens with one attached hydrogen (secondary N) is 2. The van der Waals surface area contributed by atoms with Gasteiger partial charge in [-0.3, -0.25) is 4.90 Å². The van der Waals surface area contributed by atoms with Crippen LogP contribution in [0.5, 0.6) is 0 Å². The second kappa shape index (κ2) is 9.37. The molecule has 1 aromatic carbocycles.